The van der Waals surface area contributed by atoms with E-state index in [0.717, 1.165) is 0 Å². The van der Waals surface area contributed by atoms with E-state index >= 15 is 0 Å². The van der Waals surface area contributed by atoms with Gasteiger partial charge in [-0.2, -0.15) is 20.1 Å². The minimum absolute atomic E-state index is 0.0558. The highest BCUT2D eigenvalue weighted by Crippen LogP contribution is 2.05. The molecular weight excluding hydrogens is 248 g/mol. The van der Waals surface area contributed by atoms with Gasteiger partial charge >= 0.3 is 0 Å². The van der Waals surface area contributed by atoms with E-state index in [4.69, 9.17) is 5.73 Å². The van der Waals surface area contributed by atoms with Crippen LogP contribution < -0.4 is 11.1 Å². The number of nitrogen functional groups attached to an aromatic ring is 1. The highest BCUT2D eigenvalue weighted by molar-refractivity contribution is 5.79. The van der Waals surface area contributed by atoms with Gasteiger partial charge in [-0.1, -0.05) is 0 Å². The smallest absolute Gasteiger partial charge is 0.257 e. The van der Waals surface area contributed by atoms with Crippen molar-refractivity contribution in [1.82, 2.24) is 29.6 Å². The van der Waals surface area contributed by atoms with E-state index in [0.29, 0.717) is 0 Å². The summed E-state index contributed by atoms with van der Waals surface area (Å²) < 4.78 is 1.46. The lowest BCUT2D eigenvalue weighted by molar-refractivity contribution is -0.126. The van der Waals surface area contributed by atoms with Crippen LogP contribution >= 0.6 is 0 Å². The summed E-state index contributed by atoms with van der Waals surface area (Å²) in [5.74, 6) is 0.477. The molecule has 2 heterocycles. The maximum absolute atomic E-state index is 11.5. The van der Waals surface area contributed by atoms with Gasteiger partial charge in [-0.25, -0.2) is 4.68 Å². The van der Waals surface area contributed by atoms with Crippen molar-refractivity contribution in [3.8, 4) is 5.95 Å². The van der Waals surface area contributed by atoms with Crippen LogP contribution in [0.3, 0.4) is 0 Å². The molecule has 9 heteroatoms. The van der Waals surface area contributed by atoms with E-state index in [-0.39, 0.29) is 30.3 Å². The van der Waals surface area contributed by atoms with Crippen LogP contribution in [-0.2, 0) is 4.79 Å². The number of hydrogen-bond acceptors (Lipinski definition) is 7. The van der Waals surface area contributed by atoms with Gasteiger partial charge < -0.3 is 16.0 Å². The predicted octanol–water partition coefficient (Wildman–Crippen LogP) is -0.860. The number of anilines is 2. The van der Waals surface area contributed by atoms with E-state index in [2.05, 4.69) is 25.4 Å². The molecule has 0 saturated carbocycles. The van der Waals surface area contributed by atoms with Crippen molar-refractivity contribution in [3.63, 3.8) is 0 Å². The van der Waals surface area contributed by atoms with Gasteiger partial charge in [0.15, 0.2) is 0 Å². The first kappa shape index (κ1) is 12.7. The van der Waals surface area contributed by atoms with Crippen molar-refractivity contribution in [2.45, 2.75) is 0 Å². The van der Waals surface area contributed by atoms with Crippen LogP contribution in [0.1, 0.15) is 0 Å². The van der Waals surface area contributed by atoms with E-state index < -0.39 is 0 Å². The van der Waals surface area contributed by atoms with Gasteiger partial charge in [-0.3, -0.25) is 4.79 Å². The summed E-state index contributed by atoms with van der Waals surface area (Å²) in [4.78, 5) is 24.9. The number of rotatable bonds is 4. The molecule has 1 amide bonds. The topological polar surface area (TPSA) is 115 Å². The normalized spacial score (nSPS) is 10.2. The summed E-state index contributed by atoms with van der Waals surface area (Å²) in [5, 5.41) is 6.79. The standard InChI is InChI=1S/C10H14N8O/c1-17(2)7(19)6-12-9-14-8(11)15-10(16-9)18-5-3-4-13-18/h3-5H,6H2,1-2H3,(H3,11,12,14,15,16). The maximum atomic E-state index is 11.5. The third-order valence-corrected chi connectivity index (χ3v) is 2.25. The van der Waals surface area contributed by atoms with Crippen molar-refractivity contribution in [2.75, 3.05) is 31.7 Å². The Morgan fingerprint density at radius 2 is 2.21 bits per heavy atom. The molecule has 0 aromatic carbocycles. The molecule has 0 aliphatic rings. The number of carbonyl (C=O) groups excluding carboxylic acids is 1. The molecule has 9 nitrogen and oxygen atoms in total. The van der Waals surface area contributed by atoms with E-state index in [9.17, 15) is 4.79 Å². The molecule has 3 N–H and O–H groups in total. The fourth-order valence-corrected chi connectivity index (χ4v) is 1.26. The molecule has 0 aliphatic carbocycles. The average molecular weight is 262 g/mol. The predicted molar refractivity (Wildman–Crippen MR) is 68.5 cm³/mol. The number of nitrogens with one attached hydrogen (secondary N) is 1. The van der Waals surface area contributed by atoms with Gasteiger partial charge in [-0.05, 0) is 6.07 Å². The van der Waals surface area contributed by atoms with Crippen LogP contribution in [0.5, 0.6) is 0 Å². The molecule has 100 valence electrons. The third-order valence-electron chi connectivity index (χ3n) is 2.25. The Hall–Kier alpha value is -2.71. The van der Waals surface area contributed by atoms with Gasteiger partial charge in [0.05, 0.1) is 6.54 Å². The molecule has 0 bridgehead atoms. The van der Waals surface area contributed by atoms with Gasteiger partial charge in [0, 0.05) is 26.5 Å². The zero-order valence-electron chi connectivity index (χ0n) is 10.6. The van der Waals surface area contributed by atoms with E-state index in [1.165, 1.54) is 9.58 Å². The molecule has 0 unspecified atom stereocenters. The summed E-state index contributed by atoms with van der Waals surface area (Å²) >= 11 is 0. The Morgan fingerprint density at radius 1 is 1.42 bits per heavy atom. The number of hydrogen-bond donors (Lipinski definition) is 2. The Morgan fingerprint density at radius 3 is 2.84 bits per heavy atom. The zero-order valence-corrected chi connectivity index (χ0v) is 10.6. The fraction of sp³-hybridized carbons (Fsp3) is 0.300. The highest BCUT2D eigenvalue weighted by atomic mass is 16.2. The number of nitrogens with zero attached hydrogens (tertiary/aromatic N) is 6. The molecule has 0 aliphatic heterocycles. The van der Waals surface area contributed by atoms with Crippen LogP contribution in [0.4, 0.5) is 11.9 Å². The van der Waals surface area contributed by atoms with Crippen molar-refractivity contribution < 1.29 is 4.79 Å². The molecule has 0 atom stereocenters. The van der Waals surface area contributed by atoms with Gasteiger partial charge in [0.25, 0.3) is 5.95 Å². The Labute approximate surface area is 109 Å². The van der Waals surface area contributed by atoms with Crippen LogP contribution in [0.15, 0.2) is 18.5 Å². The second-order valence-electron chi connectivity index (χ2n) is 3.91. The van der Waals surface area contributed by atoms with E-state index in [1.807, 2.05) is 0 Å². The number of aromatic nitrogens is 5. The molecule has 2 rings (SSSR count). The van der Waals surface area contributed by atoms with Crippen molar-refractivity contribution >= 4 is 17.8 Å². The van der Waals surface area contributed by atoms with Crippen LogP contribution in [0.2, 0.25) is 0 Å². The first-order valence-electron chi connectivity index (χ1n) is 5.52. The maximum Gasteiger partial charge on any atom is 0.257 e. The second-order valence-corrected chi connectivity index (χ2v) is 3.91. The molecular formula is C10H14N8O. The van der Waals surface area contributed by atoms with Crippen LogP contribution in [-0.4, -0.2) is 56.2 Å². The fourth-order valence-electron chi connectivity index (χ4n) is 1.26. The van der Waals surface area contributed by atoms with Crippen molar-refractivity contribution in [1.29, 1.82) is 0 Å². The van der Waals surface area contributed by atoms with Crippen LogP contribution in [0.25, 0.3) is 5.95 Å². The first-order chi connectivity index (χ1) is 9.06. The molecule has 2 aromatic heterocycles. The lowest BCUT2D eigenvalue weighted by Gasteiger charge is -2.11. The summed E-state index contributed by atoms with van der Waals surface area (Å²) in [5.41, 5.74) is 5.59. The second kappa shape index (κ2) is 5.29. The minimum atomic E-state index is -0.0976. The largest absolute Gasteiger partial charge is 0.368 e. The molecule has 0 radical (unpaired) electrons. The van der Waals surface area contributed by atoms with Crippen molar-refractivity contribution in [2.24, 2.45) is 0 Å². The number of carbonyl (C=O) groups is 1. The van der Waals surface area contributed by atoms with Gasteiger partial charge in [0.1, 0.15) is 0 Å². The van der Waals surface area contributed by atoms with E-state index in [1.54, 1.807) is 32.6 Å². The molecule has 0 spiro atoms. The quantitative estimate of drug-likeness (QED) is 0.736. The van der Waals surface area contributed by atoms with Gasteiger partial charge in [-0.15, -0.1) is 0 Å². The monoisotopic (exact) mass is 262 g/mol. The van der Waals surface area contributed by atoms with Crippen molar-refractivity contribution in [3.05, 3.63) is 18.5 Å². The minimum Gasteiger partial charge on any atom is -0.368 e. The summed E-state index contributed by atoms with van der Waals surface area (Å²) in [6.07, 6.45) is 3.28. The molecule has 0 fully saturated rings. The lowest BCUT2D eigenvalue weighted by Crippen LogP contribution is -2.29. The summed E-state index contributed by atoms with van der Waals surface area (Å²) in [6, 6.07) is 1.74. The summed E-state index contributed by atoms with van der Waals surface area (Å²) in [7, 11) is 3.34. The molecule has 19 heavy (non-hydrogen) atoms. The Kier molecular flexibility index (Phi) is 3.55. The number of likely N-dealkylation sites (N-methyl/N-ethyl adjacent to an activating group) is 1. The molecule has 0 saturated heterocycles. The lowest BCUT2D eigenvalue weighted by atomic mass is 10.5. The zero-order chi connectivity index (χ0) is 13.8. The number of nitrogens with two attached hydrogens (primary N) is 1. The highest BCUT2D eigenvalue weighted by Gasteiger charge is 2.08. The first-order valence-corrected chi connectivity index (χ1v) is 5.52. The van der Waals surface area contributed by atoms with Crippen LogP contribution in [0, 0.1) is 0 Å². The SMILES string of the molecule is CN(C)C(=O)CNc1nc(N)nc(-n2cccn2)n1. The molecule has 2 aromatic rings. The van der Waals surface area contributed by atoms with Gasteiger partial charge in [0.2, 0.25) is 17.8 Å². The average Bonchev–Trinajstić information content (AvgIpc) is 2.89. The summed E-state index contributed by atoms with van der Waals surface area (Å²) in [6.45, 7) is 0.0784. The number of amides is 1. The Bertz CT molecular complexity index is 565. The Balaban J connectivity index is 2.16. The third kappa shape index (κ3) is 3.15.